The van der Waals surface area contributed by atoms with E-state index >= 15 is 0 Å². The molecule has 0 radical (unpaired) electrons. The fourth-order valence-electron chi connectivity index (χ4n) is 2.31. The fourth-order valence-corrected chi connectivity index (χ4v) is 2.31. The Morgan fingerprint density at radius 3 is 2.56 bits per heavy atom. The van der Waals surface area contributed by atoms with Crippen molar-refractivity contribution in [2.24, 2.45) is 0 Å². The van der Waals surface area contributed by atoms with Crippen molar-refractivity contribution < 1.29 is 23.1 Å². The number of rotatable bonds is 4. The molecule has 25 heavy (non-hydrogen) atoms. The lowest BCUT2D eigenvalue weighted by molar-refractivity contribution is -0.138. The monoisotopic (exact) mass is 351 g/mol. The van der Waals surface area contributed by atoms with Gasteiger partial charge < -0.3 is 15.0 Å². The Hall–Kier alpha value is -2.79. The Balaban J connectivity index is 2.21. The number of hydrogen-bond donors (Lipinski definition) is 2. The normalized spacial score (nSPS) is 13.8. The van der Waals surface area contributed by atoms with Gasteiger partial charge in [0, 0.05) is 18.1 Å². The number of alkyl halides is 3. The first-order valence-electron chi connectivity index (χ1n) is 7.30. The van der Waals surface area contributed by atoms with E-state index < -0.39 is 28.8 Å². The summed E-state index contributed by atoms with van der Waals surface area (Å²) in [6.45, 7) is 3.06. The number of nitrogens with one attached hydrogen (secondary N) is 1. The van der Waals surface area contributed by atoms with E-state index in [2.05, 4.69) is 5.32 Å². The molecule has 2 N–H and O–H groups in total. The van der Waals surface area contributed by atoms with Crippen molar-refractivity contribution in [1.29, 1.82) is 5.26 Å². The highest BCUT2D eigenvalue weighted by Gasteiger charge is 2.35. The largest absolute Gasteiger partial charge is 0.417 e. The van der Waals surface area contributed by atoms with Crippen LogP contribution < -0.4 is 5.32 Å². The molecule has 0 aliphatic heterocycles. The third kappa shape index (κ3) is 4.39. The minimum Gasteiger partial charge on any atom is -0.378 e. The number of benzene rings is 1. The van der Waals surface area contributed by atoms with Crippen LogP contribution in [0.1, 0.15) is 23.6 Å². The predicted molar refractivity (Wildman–Crippen MR) is 84.6 cm³/mol. The number of aliphatic hydroxyl groups is 1. The molecule has 0 saturated carbocycles. The maximum atomic E-state index is 13.0. The van der Waals surface area contributed by atoms with Crippen LogP contribution in [0.4, 0.5) is 18.9 Å². The van der Waals surface area contributed by atoms with Crippen LogP contribution in [0.2, 0.25) is 0 Å². The van der Waals surface area contributed by atoms with E-state index in [4.69, 9.17) is 5.26 Å². The number of nitrogens with zero attached hydrogens (tertiary/aromatic N) is 2. The highest BCUT2D eigenvalue weighted by atomic mass is 19.4. The molecule has 0 fully saturated rings. The third-order valence-corrected chi connectivity index (χ3v) is 3.58. The van der Waals surface area contributed by atoms with Crippen molar-refractivity contribution in [2.45, 2.75) is 32.2 Å². The number of carbonyl (C=O) groups excluding carboxylic acids is 1. The van der Waals surface area contributed by atoms with Gasteiger partial charge in [-0.25, -0.2) is 0 Å². The van der Waals surface area contributed by atoms with Crippen molar-refractivity contribution in [3.63, 3.8) is 0 Å². The van der Waals surface area contributed by atoms with E-state index in [0.29, 0.717) is 6.07 Å². The highest BCUT2D eigenvalue weighted by Crippen LogP contribution is 2.33. The number of halogens is 3. The summed E-state index contributed by atoms with van der Waals surface area (Å²) in [5, 5.41) is 21.4. The van der Waals surface area contributed by atoms with Crippen LogP contribution >= 0.6 is 0 Å². The molecule has 2 aromatic rings. The summed E-state index contributed by atoms with van der Waals surface area (Å²) in [5.74, 6) is -0.850. The van der Waals surface area contributed by atoms with E-state index in [-0.39, 0.29) is 12.2 Å². The SMILES string of the molecule is Cc1ccn(C[C@](C)(O)C(=O)Nc2ccc(C#N)c(C(F)(F)F)c2)c1. The van der Waals surface area contributed by atoms with Gasteiger partial charge in [-0.1, -0.05) is 0 Å². The predicted octanol–water partition coefficient (Wildman–Crippen LogP) is 3.08. The molecule has 1 aromatic carbocycles. The molecule has 0 aliphatic carbocycles. The molecule has 0 aliphatic rings. The summed E-state index contributed by atoms with van der Waals surface area (Å²) in [4.78, 5) is 12.2. The first-order valence-corrected chi connectivity index (χ1v) is 7.30. The minimum absolute atomic E-state index is 0.0604. The molecule has 132 valence electrons. The van der Waals surface area contributed by atoms with Gasteiger partial charge in [-0.15, -0.1) is 0 Å². The quantitative estimate of drug-likeness (QED) is 0.889. The van der Waals surface area contributed by atoms with Gasteiger partial charge in [-0.05, 0) is 43.7 Å². The summed E-state index contributed by atoms with van der Waals surface area (Å²) >= 11 is 0. The van der Waals surface area contributed by atoms with Crippen LogP contribution in [0.15, 0.2) is 36.7 Å². The lowest BCUT2D eigenvalue weighted by atomic mass is 10.0. The average Bonchev–Trinajstić information content (AvgIpc) is 2.90. The van der Waals surface area contributed by atoms with Gasteiger partial charge in [0.2, 0.25) is 0 Å². The molecule has 0 saturated heterocycles. The van der Waals surface area contributed by atoms with E-state index in [1.165, 1.54) is 19.1 Å². The summed E-state index contributed by atoms with van der Waals surface area (Å²) in [6.07, 6.45) is -1.32. The number of anilines is 1. The van der Waals surface area contributed by atoms with Crippen molar-refractivity contribution >= 4 is 11.6 Å². The Morgan fingerprint density at radius 2 is 2.04 bits per heavy atom. The van der Waals surface area contributed by atoms with Gasteiger partial charge in [-0.2, -0.15) is 18.4 Å². The lowest BCUT2D eigenvalue weighted by Crippen LogP contribution is -2.43. The Morgan fingerprint density at radius 1 is 1.36 bits per heavy atom. The van der Waals surface area contributed by atoms with Crippen molar-refractivity contribution in [2.75, 3.05) is 5.32 Å². The van der Waals surface area contributed by atoms with Crippen LogP contribution in [0, 0.1) is 18.3 Å². The zero-order chi connectivity index (χ0) is 18.8. The van der Waals surface area contributed by atoms with Crippen molar-refractivity contribution in [3.05, 3.63) is 53.3 Å². The van der Waals surface area contributed by atoms with Gasteiger partial charge in [0.25, 0.3) is 5.91 Å². The third-order valence-electron chi connectivity index (χ3n) is 3.58. The molecular weight excluding hydrogens is 335 g/mol. The maximum Gasteiger partial charge on any atom is 0.417 e. The van der Waals surface area contributed by atoms with Gasteiger partial charge in [0.1, 0.15) is 0 Å². The second-order valence-corrected chi connectivity index (χ2v) is 5.96. The molecule has 1 aromatic heterocycles. The van der Waals surface area contributed by atoms with Crippen molar-refractivity contribution in [1.82, 2.24) is 4.57 Å². The Labute approximate surface area is 142 Å². The van der Waals surface area contributed by atoms with Gasteiger partial charge in [0.05, 0.1) is 23.7 Å². The van der Waals surface area contributed by atoms with Crippen LogP contribution in [-0.2, 0) is 17.5 Å². The molecule has 8 heteroatoms. The first-order chi connectivity index (χ1) is 11.5. The molecule has 5 nitrogen and oxygen atoms in total. The number of nitriles is 1. The molecule has 2 rings (SSSR count). The molecule has 1 atom stereocenters. The lowest BCUT2D eigenvalue weighted by Gasteiger charge is -2.23. The zero-order valence-electron chi connectivity index (χ0n) is 13.6. The number of aromatic nitrogens is 1. The molecule has 0 spiro atoms. The van der Waals surface area contributed by atoms with Crippen molar-refractivity contribution in [3.8, 4) is 6.07 Å². The van der Waals surface area contributed by atoms with Crippen LogP contribution in [0.3, 0.4) is 0 Å². The fraction of sp³-hybridized carbons (Fsp3) is 0.294. The first kappa shape index (κ1) is 18.5. The number of carbonyl (C=O) groups is 1. The summed E-state index contributed by atoms with van der Waals surface area (Å²) in [5.41, 5.74) is -2.73. The van der Waals surface area contributed by atoms with Crippen LogP contribution in [0.25, 0.3) is 0 Å². The molecule has 0 bridgehead atoms. The molecule has 0 unspecified atom stereocenters. The standard InChI is InChI=1S/C17H16F3N3O2/c1-11-5-6-23(9-11)10-16(2,25)15(24)22-13-4-3-12(8-21)14(7-13)17(18,19)20/h3-7,9,25H,10H2,1-2H3,(H,22,24)/t16-/m0/s1. The maximum absolute atomic E-state index is 13.0. The topological polar surface area (TPSA) is 78.1 Å². The Kier molecular flexibility index (Phi) is 4.90. The summed E-state index contributed by atoms with van der Waals surface area (Å²) < 4.78 is 40.5. The highest BCUT2D eigenvalue weighted by molar-refractivity contribution is 5.96. The van der Waals surface area contributed by atoms with Gasteiger partial charge >= 0.3 is 6.18 Å². The number of hydrogen-bond acceptors (Lipinski definition) is 3. The zero-order valence-corrected chi connectivity index (χ0v) is 13.6. The van der Waals surface area contributed by atoms with Crippen LogP contribution in [0.5, 0.6) is 0 Å². The van der Waals surface area contributed by atoms with Gasteiger partial charge in [0.15, 0.2) is 5.60 Å². The smallest absolute Gasteiger partial charge is 0.378 e. The van der Waals surface area contributed by atoms with Crippen LogP contribution in [-0.4, -0.2) is 21.2 Å². The molecular formula is C17H16F3N3O2. The molecule has 1 heterocycles. The van der Waals surface area contributed by atoms with E-state index in [1.54, 1.807) is 23.0 Å². The second-order valence-electron chi connectivity index (χ2n) is 5.96. The average molecular weight is 351 g/mol. The summed E-state index contributed by atoms with van der Waals surface area (Å²) in [7, 11) is 0. The van der Waals surface area contributed by atoms with Gasteiger partial charge in [-0.3, -0.25) is 4.79 Å². The second kappa shape index (κ2) is 6.61. The molecule has 1 amide bonds. The summed E-state index contributed by atoms with van der Waals surface area (Å²) in [6, 6.07) is 6.09. The van der Waals surface area contributed by atoms with E-state index in [0.717, 1.165) is 11.6 Å². The van der Waals surface area contributed by atoms with E-state index in [1.807, 2.05) is 6.92 Å². The number of amides is 1. The van der Waals surface area contributed by atoms with E-state index in [9.17, 15) is 23.1 Å². The minimum atomic E-state index is -4.73. The Bertz CT molecular complexity index is 832. The number of aryl methyl sites for hydroxylation is 1.